The molecule has 0 aromatic heterocycles. The topological polar surface area (TPSA) is 63.2 Å². The second-order valence-corrected chi connectivity index (χ2v) is 5.35. The molecule has 1 unspecified atom stereocenters. The Morgan fingerprint density at radius 3 is 2.32 bits per heavy atom. The van der Waals surface area contributed by atoms with Gasteiger partial charge in [-0.15, -0.1) is 0 Å². The maximum absolute atomic E-state index is 12.4. The number of fused-ring (bicyclic) bond motifs is 1. The summed E-state index contributed by atoms with van der Waals surface area (Å²) in [6.07, 6.45) is 0.489. The molecule has 110 valence electrons. The number of rotatable bonds is 3. The fraction of sp³-hybridized carbons (Fsp3) is 0.167. The largest absolute Gasteiger partial charge is 0.341 e. The number of carbonyl (C=O) groups is 3. The van der Waals surface area contributed by atoms with Crippen molar-refractivity contribution in [3.8, 4) is 0 Å². The van der Waals surface area contributed by atoms with Crippen LogP contribution in [0.25, 0.3) is 0 Å². The van der Waals surface area contributed by atoms with Gasteiger partial charge in [0.1, 0.15) is 0 Å². The molecule has 0 radical (unpaired) electrons. The molecule has 0 saturated carbocycles. The minimum Gasteiger partial charge on any atom is -0.341 e. The Morgan fingerprint density at radius 1 is 1.00 bits per heavy atom. The molecule has 22 heavy (non-hydrogen) atoms. The van der Waals surface area contributed by atoms with E-state index in [0.29, 0.717) is 23.1 Å². The van der Waals surface area contributed by atoms with Crippen molar-refractivity contribution in [1.82, 2.24) is 5.32 Å². The van der Waals surface area contributed by atoms with Crippen LogP contribution in [-0.4, -0.2) is 23.5 Å². The molecule has 3 rings (SSSR count). The summed E-state index contributed by atoms with van der Waals surface area (Å²) >= 11 is 0. The first kappa shape index (κ1) is 14.2. The van der Waals surface area contributed by atoms with E-state index in [1.165, 1.54) is 6.92 Å². The van der Waals surface area contributed by atoms with Gasteiger partial charge in [0.15, 0.2) is 11.6 Å². The summed E-state index contributed by atoms with van der Waals surface area (Å²) in [7, 11) is 0. The summed E-state index contributed by atoms with van der Waals surface area (Å²) in [6.45, 7) is 1.42. The maximum Gasteiger partial charge on any atom is 0.252 e. The second-order valence-electron chi connectivity index (χ2n) is 5.35. The van der Waals surface area contributed by atoms with Crippen LogP contribution >= 0.6 is 0 Å². The second kappa shape index (κ2) is 5.56. The Kier molecular flexibility index (Phi) is 3.59. The Morgan fingerprint density at radius 2 is 1.64 bits per heavy atom. The van der Waals surface area contributed by atoms with Crippen molar-refractivity contribution < 1.29 is 14.4 Å². The van der Waals surface area contributed by atoms with Crippen LogP contribution in [0.2, 0.25) is 0 Å². The summed E-state index contributed by atoms with van der Waals surface area (Å²) in [5, 5.41) is 2.75. The molecule has 0 fully saturated rings. The highest BCUT2D eigenvalue weighted by atomic mass is 16.2. The van der Waals surface area contributed by atoms with Crippen LogP contribution in [0.1, 0.15) is 43.6 Å². The van der Waals surface area contributed by atoms with Gasteiger partial charge >= 0.3 is 0 Å². The summed E-state index contributed by atoms with van der Waals surface area (Å²) in [4.78, 5) is 36.3. The minimum absolute atomic E-state index is 0.0794. The van der Waals surface area contributed by atoms with E-state index in [-0.39, 0.29) is 11.6 Å². The van der Waals surface area contributed by atoms with Crippen LogP contribution in [-0.2, 0) is 6.42 Å². The van der Waals surface area contributed by atoms with E-state index >= 15 is 0 Å². The van der Waals surface area contributed by atoms with Gasteiger partial charge in [-0.3, -0.25) is 14.4 Å². The zero-order valence-corrected chi connectivity index (χ0v) is 12.1. The number of ketones is 2. The number of Topliss-reactive ketones (excluding diaryl/α,β-unsaturated/α-hetero) is 2. The Bertz CT molecular complexity index is 779. The van der Waals surface area contributed by atoms with Crippen molar-refractivity contribution in [3.05, 3.63) is 70.8 Å². The van der Waals surface area contributed by atoms with Crippen LogP contribution in [0.4, 0.5) is 0 Å². The molecule has 1 N–H and O–H groups in total. The van der Waals surface area contributed by atoms with Gasteiger partial charge in [-0.2, -0.15) is 0 Å². The van der Waals surface area contributed by atoms with Gasteiger partial charge in [-0.25, -0.2) is 0 Å². The van der Waals surface area contributed by atoms with Crippen molar-refractivity contribution in [2.24, 2.45) is 0 Å². The number of carbonyl (C=O) groups excluding carboxylic acids is 3. The average molecular weight is 293 g/mol. The quantitative estimate of drug-likeness (QED) is 0.884. The molecule has 4 heteroatoms. The Balaban J connectivity index is 1.82. The molecule has 0 spiro atoms. The lowest BCUT2D eigenvalue weighted by molar-refractivity contribution is 0.0865. The van der Waals surface area contributed by atoms with Gasteiger partial charge < -0.3 is 5.32 Å². The molecule has 0 aliphatic heterocycles. The van der Waals surface area contributed by atoms with E-state index in [1.54, 1.807) is 30.3 Å². The smallest absolute Gasteiger partial charge is 0.252 e. The van der Waals surface area contributed by atoms with Crippen LogP contribution in [0, 0.1) is 0 Å². The zero-order chi connectivity index (χ0) is 15.7. The fourth-order valence-corrected chi connectivity index (χ4v) is 2.78. The number of benzene rings is 2. The molecular formula is C18H15NO3. The molecule has 1 atom stereocenters. The minimum atomic E-state index is -0.565. The third-order valence-electron chi connectivity index (χ3n) is 3.88. The van der Waals surface area contributed by atoms with Gasteiger partial charge in [0.05, 0.1) is 11.6 Å². The van der Waals surface area contributed by atoms with Crippen LogP contribution in [0.3, 0.4) is 0 Å². The summed E-state index contributed by atoms with van der Waals surface area (Å²) in [5.41, 5.74) is 2.27. The lowest BCUT2D eigenvalue weighted by Crippen LogP contribution is -2.39. The number of nitrogens with one attached hydrogen (secondary N) is 1. The Labute approximate surface area is 128 Å². The van der Waals surface area contributed by atoms with Crippen molar-refractivity contribution in [2.45, 2.75) is 19.4 Å². The molecule has 4 nitrogen and oxygen atoms in total. The zero-order valence-electron chi connectivity index (χ0n) is 12.1. The molecule has 0 saturated heterocycles. The highest BCUT2D eigenvalue weighted by Crippen LogP contribution is 2.22. The standard InChI is InChI=1S/C18H15NO3/c1-11(20)13-7-4-5-9-15(13)18(22)19-16-10-12-6-2-3-8-14(12)17(16)21/h2-9,16H,10H2,1H3,(H,19,22). The van der Waals surface area contributed by atoms with E-state index in [9.17, 15) is 14.4 Å². The first-order valence-electron chi connectivity index (χ1n) is 7.11. The molecule has 2 aromatic carbocycles. The summed E-state index contributed by atoms with van der Waals surface area (Å²) in [5.74, 6) is -0.645. The number of amides is 1. The summed E-state index contributed by atoms with van der Waals surface area (Å²) < 4.78 is 0. The lowest BCUT2D eigenvalue weighted by atomic mass is 10.0. The first-order valence-corrected chi connectivity index (χ1v) is 7.11. The molecule has 1 amide bonds. The Hall–Kier alpha value is -2.75. The van der Waals surface area contributed by atoms with E-state index in [2.05, 4.69) is 5.32 Å². The number of hydrogen-bond acceptors (Lipinski definition) is 3. The van der Waals surface area contributed by atoms with Crippen LogP contribution < -0.4 is 5.32 Å². The fourth-order valence-electron chi connectivity index (χ4n) is 2.78. The molecule has 0 bridgehead atoms. The van der Waals surface area contributed by atoms with Crippen molar-refractivity contribution in [3.63, 3.8) is 0 Å². The lowest BCUT2D eigenvalue weighted by Gasteiger charge is -2.12. The predicted octanol–water partition coefficient (Wildman–Crippen LogP) is 2.43. The van der Waals surface area contributed by atoms with E-state index in [0.717, 1.165) is 5.56 Å². The monoisotopic (exact) mass is 293 g/mol. The van der Waals surface area contributed by atoms with Gasteiger partial charge in [0, 0.05) is 17.5 Å². The van der Waals surface area contributed by atoms with E-state index in [1.807, 2.05) is 18.2 Å². The number of hydrogen-bond donors (Lipinski definition) is 1. The molecule has 2 aromatic rings. The van der Waals surface area contributed by atoms with Crippen molar-refractivity contribution in [2.75, 3.05) is 0 Å². The van der Waals surface area contributed by atoms with Gasteiger partial charge in [0.2, 0.25) is 0 Å². The van der Waals surface area contributed by atoms with E-state index in [4.69, 9.17) is 0 Å². The van der Waals surface area contributed by atoms with Crippen LogP contribution in [0.5, 0.6) is 0 Å². The SMILES string of the molecule is CC(=O)c1ccccc1C(=O)NC1Cc2ccccc2C1=O. The van der Waals surface area contributed by atoms with E-state index < -0.39 is 11.9 Å². The van der Waals surface area contributed by atoms with Gasteiger partial charge in [0.25, 0.3) is 5.91 Å². The predicted molar refractivity (Wildman–Crippen MR) is 82.2 cm³/mol. The average Bonchev–Trinajstić information content (AvgIpc) is 2.84. The highest BCUT2D eigenvalue weighted by Gasteiger charge is 2.31. The molecule has 0 heterocycles. The maximum atomic E-state index is 12.4. The third-order valence-corrected chi connectivity index (χ3v) is 3.88. The molecular weight excluding hydrogens is 278 g/mol. The van der Waals surface area contributed by atoms with Crippen molar-refractivity contribution in [1.29, 1.82) is 0 Å². The molecule has 1 aliphatic carbocycles. The van der Waals surface area contributed by atoms with Gasteiger partial charge in [-0.1, -0.05) is 42.5 Å². The third kappa shape index (κ3) is 2.44. The van der Waals surface area contributed by atoms with Crippen LogP contribution in [0.15, 0.2) is 48.5 Å². The van der Waals surface area contributed by atoms with Crippen molar-refractivity contribution >= 4 is 17.5 Å². The normalized spacial score (nSPS) is 16.2. The highest BCUT2D eigenvalue weighted by molar-refractivity contribution is 6.10. The van der Waals surface area contributed by atoms with Gasteiger partial charge in [-0.05, 0) is 18.6 Å². The molecule has 1 aliphatic rings. The first-order chi connectivity index (χ1) is 10.6. The summed E-state index contributed by atoms with van der Waals surface area (Å²) in [6, 6.07) is 13.4.